The van der Waals surface area contributed by atoms with E-state index < -0.39 is 0 Å². The Kier molecular flexibility index (Phi) is 4.22. The van der Waals surface area contributed by atoms with Crippen LogP contribution in [0.3, 0.4) is 0 Å². The van der Waals surface area contributed by atoms with Crippen LogP contribution in [0.25, 0.3) is 10.7 Å². The Balaban J connectivity index is 2.01. The maximum absolute atomic E-state index is 4.43. The van der Waals surface area contributed by atoms with Gasteiger partial charge in [-0.25, -0.2) is 4.98 Å². The summed E-state index contributed by atoms with van der Waals surface area (Å²) in [6.07, 6.45) is 3.86. The Morgan fingerprint density at radius 2 is 2.26 bits per heavy atom. The van der Waals surface area contributed by atoms with Crippen LogP contribution in [0.15, 0.2) is 42.1 Å². The monoisotopic (exact) mass is 275 g/mol. The van der Waals surface area contributed by atoms with Crippen LogP contribution in [0.1, 0.15) is 20.8 Å². The molecule has 0 amide bonds. The maximum atomic E-state index is 4.43. The molecular formula is C15H21N3S. The topological polar surface area (TPSA) is 29.9 Å². The average Bonchev–Trinajstić information content (AvgIpc) is 2.94. The number of hydrogen-bond acceptors (Lipinski definition) is 3. The van der Waals surface area contributed by atoms with E-state index in [0.717, 1.165) is 24.5 Å². The number of hydrogen-bond donors (Lipinski definition) is 1. The second-order valence-electron chi connectivity index (χ2n) is 5.71. The summed E-state index contributed by atoms with van der Waals surface area (Å²) in [6.45, 7) is 12.3. The van der Waals surface area contributed by atoms with Crippen molar-refractivity contribution >= 4 is 11.3 Å². The lowest BCUT2D eigenvalue weighted by molar-refractivity contribution is 0.440. The first-order chi connectivity index (χ1) is 8.96. The smallest absolute Gasteiger partial charge is 0.150 e. The lowest BCUT2D eigenvalue weighted by Crippen LogP contribution is -2.37. The summed E-state index contributed by atoms with van der Waals surface area (Å²) in [6, 6.07) is 4.15. The van der Waals surface area contributed by atoms with Crippen molar-refractivity contribution < 1.29 is 0 Å². The summed E-state index contributed by atoms with van der Waals surface area (Å²) < 4.78 is 2.15. The van der Waals surface area contributed by atoms with Crippen molar-refractivity contribution in [3.8, 4) is 10.7 Å². The fourth-order valence-corrected chi connectivity index (χ4v) is 2.49. The van der Waals surface area contributed by atoms with Gasteiger partial charge in [-0.3, -0.25) is 0 Å². The second-order valence-corrected chi connectivity index (χ2v) is 6.66. The van der Waals surface area contributed by atoms with Gasteiger partial charge in [0.25, 0.3) is 0 Å². The molecule has 102 valence electrons. The molecule has 0 atom stereocenters. The van der Waals surface area contributed by atoms with Gasteiger partial charge < -0.3 is 9.88 Å². The SMILES string of the molecule is C=C(CNC(C)(C)C)Cn1ccnc1-c1cccs1. The Morgan fingerprint density at radius 1 is 1.47 bits per heavy atom. The average molecular weight is 275 g/mol. The normalized spacial score (nSPS) is 11.7. The quantitative estimate of drug-likeness (QED) is 0.846. The van der Waals surface area contributed by atoms with Crippen LogP contribution < -0.4 is 5.32 Å². The lowest BCUT2D eigenvalue weighted by atomic mass is 10.1. The number of nitrogens with one attached hydrogen (secondary N) is 1. The Labute approximate surface area is 119 Å². The third-order valence-electron chi connectivity index (χ3n) is 2.72. The zero-order valence-electron chi connectivity index (χ0n) is 11.8. The van der Waals surface area contributed by atoms with E-state index >= 15 is 0 Å². The van der Waals surface area contributed by atoms with E-state index in [-0.39, 0.29) is 5.54 Å². The lowest BCUT2D eigenvalue weighted by Gasteiger charge is -2.21. The van der Waals surface area contributed by atoms with E-state index in [0.29, 0.717) is 0 Å². The molecular weight excluding hydrogens is 254 g/mol. The molecule has 4 heteroatoms. The van der Waals surface area contributed by atoms with Gasteiger partial charge in [-0.05, 0) is 37.8 Å². The van der Waals surface area contributed by atoms with Crippen LogP contribution in [0.4, 0.5) is 0 Å². The zero-order valence-corrected chi connectivity index (χ0v) is 12.6. The highest BCUT2D eigenvalue weighted by Crippen LogP contribution is 2.23. The number of nitrogens with zero attached hydrogens (tertiary/aromatic N) is 2. The minimum absolute atomic E-state index is 0.120. The highest BCUT2D eigenvalue weighted by atomic mass is 32.1. The third kappa shape index (κ3) is 4.04. The van der Waals surface area contributed by atoms with Crippen molar-refractivity contribution in [1.82, 2.24) is 14.9 Å². The fourth-order valence-electron chi connectivity index (χ4n) is 1.75. The molecule has 2 heterocycles. The highest BCUT2D eigenvalue weighted by Gasteiger charge is 2.11. The van der Waals surface area contributed by atoms with Crippen LogP contribution in [-0.2, 0) is 6.54 Å². The van der Waals surface area contributed by atoms with Crippen molar-refractivity contribution in [3.05, 3.63) is 42.1 Å². The standard InChI is InChI=1S/C15H21N3S/c1-12(10-17-15(2,3)4)11-18-8-7-16-14(18)13-6-5-9-19-13/h5-9,17H,1,10-11H2,2-4H3. The summed E-state index contributed by atoms with van der Waals surface area (Å²) in [4.78, 5) is 5.63. The largest absolute Gasteiger partial charge is 0.326 e. The molecule has 0 fully saturated rings. The molecule has 2 aromatic heterocycles. The molecule has 0 aliphatic heterocycles. The Morgan fingerprint density at radius 3 is 2.89 bits per heavy atom. The Bertz CT molecular complexity index is 532. The first kappa shape index (κ1) is 14.0. The first-order valence-electron chi connectivity index (χ1n) is 6.42. The van der Waals surface area contributed by atoms with E-state index in [1.54, 1.807) is 11.3 Å². The molecule has 0 aliphatic carbocycles. The van der Waals surface area contributed by atoms with Crippen molar-refractivity contribution in [2.24, 2.45) is 0 Å². The molecule has 0 spiro atoms. The van der Waals surface area contributed by atoms with Gasteiger partial charge in [0, 0.05) is 31.0 Å². The summed E-state index contributed by atoms with van der Waals surface area (Å²) in [5, 5.41) is 5.53. The fraction of sp³-hybridized carbons (Fsp3) is 0.400. The van der Waals surface area contributed by atoms with Crippen LogP contribution in [0.5, 0.6) is 0 Å². The predicted molar refractivity (Wildman–Crippen MR) is 82.4 cm³/mol. The highest BCUT2D eigenvalue weighted by molar-refractivity contribution is 7.13. The van der Waals surface area contributed by atoms with Gasteiger partial charge in [0.1, 0.15) is 5.82 Å². The molecule has 2 rings (SSSR count). The molecule has 0 radical (unpaired) electrons. The van der Waals surface area contributed by atoms with Crippen LogP contribution >= 0.6 is 11.3 Å². The molecule has 2 aromatic rings. The molecule has 0 saturated heterocycles. The van der Waals surface area contributed by atoms with Gasteiger partial charge in [-0.2, -0.15) is 0 Å². The van der Waals surface area contributed by atoms with E-state index in [1.165, 1.54) is 4.88 Å². The van der Waals surface area contributed by atoms with Crippen molar-refractivity contribution in [1.29, 1.82) is 0 Å². The Hall–Kier alpha value is -1.39. The predicted octanol–water partition coefficient (Wildman–Crippen LogP) is 3.56. The van der Waals surface area contributed by atoms with Crippen LogP contribution in [0.2, 0.25) is 0 Å². The third-order valence-corrected chi connectivity index (χ3v) is 3.59. The minimum atomic E-state index is 0.120. The van der Waals surface area contributed by atoms with Gasteiger partial charge in [0.15, 0.2) is 0 Å². The number of rotatable bonds is 5. The zero-order chi connectivity index (χ0) is 13.9. The van der Waals surface area contributed by atoms with Gasteiger partial charge >= 0.3 is 0 Å². The molecule has 0 bridgehead atoms. The molecule has 19 heavy (non-hydrogen) atoms. The van der Waals surface area contributed by atoms with Gasteiger partial charge in [-0.1, -0.05) is 12.6 Å². The summed E-state index contributed by atoms with van der Waals surface area (Å²) >= 11 is 1.71. The van der Waals surface area contributed by atoms with E-state index in [2.05, 4.69) is 59.7 Å². The van der Waals surface area contributed by atoms with Crippen molar-refractivity contribution in [2.75, 3.05) is 6.54 Å². The number of imidazole rings is 1. The van der Waals surface area contributed by atoms with Crippen molar-refractivity contribution in [3.63, 3.8) is 0 Å². The van der Waals surface area contributed by atoms with E-state index in [9.17, 15) is 0 Å². The molecule has 0 unspecified atom stereocenters. The molecule has 3 nitrogen and oxygen atoms in total. The molecule has 1 N–H and O–H groups in total. The molecule has 0 saturated carbocycles. The minimum Gasteiger partial charge on any atom is -0.326 e. The second kappa shape index (κ2) is 5.72. The van der Waals surface area contributed by atoms with Crippen LogP contribution in [-0.4, -0.2) is 21.6 Å². The van der Waals surface area contributed by atoms with E-state index in [1.807, 2.05) is 12.4 Å². The number of thiophene rings is 1. The summed E-state index contributed by atoms with van der Waals surface area (Å²) in [5.41, 5.74) is 1.28. The van der Waals surface area contributed by atoms with Crippen molar-refractivity contribution in [2.45, 2.75) is 32.9 Å². The summed E-state index contributed by atoms with van der Waals surface area (Å²) in [5.74, 6) is 1.02. The first-order valence-corrected chi connectivity index (χ1v) is 7.30. The molecule has 0 aliphatic rings. The van der Waals surface area contributed by atoms with Gasteiger partial charge in [0.2, 0.25) is 0 Å². The van der Waals surface area contributed by atoms with Gasteiger partial charge in [-0.15, -0.1) is 11.3 Å². The van der Waals surface area contributed by atoms with E-state index in [4.69, 9.17) is 0 Å². The number of aromatic nitrogens is 2. The van der Waals surface area contributed by atoms with Crippen LogP contribution in [0, 0.1) is 0 Å². The summed E-state index contributed by atoms with van der Waals surface area (Å²) in [7, 11) is 0. The molecule has 0 aromatic carbocycles. The maximum Gasteiger partial charge on any atom is 0.150 e. The van der Waals surface area contributed by atoms with Gasteiger partial charge in [0.05, 0.1) is 4.88 Å².